The molecule has 1 aromatic rings. The Morgan fingerprint density at radius 1 is 1.00 bits per heavy atom. The van der Waals surface area contributed by atoms with Gasteiger partial charge >= 0.3 is 18.0 Å². The topological polar surface area (TPSA) is 131 Å². The number of carbonyl (C=O) groups excluding carboxylic acids is 3. The molecule has 1 rings (SSSR count). The standard InChI is InChI=1S/C22H32N2O7/c1-14(2)11-17(20(27)28)23-19(26)16(24-21(29)31-22(3,4)5)12-18(25)30-13-15-9-7-6-8-10-15/h6-10,14,16-17H,11-13H2,1-5H3,(H,23,26)(H,24,29)(H,27,28). The lowest BCUT2D eigenvalue weighted by molar-refractivity contribution is -0.147. The summed E-state index contributed by atoms with van der Waals surface area (Å²) in [5, 5.41) is 14.1. The van der Waals surface area contributed by atoms with Crippen LogP contribution in [0.2, 0.25) is 0 Å². The first-order chi connectivity index (χ1) is 14.4. The minimum atomic E-state index is -1.35. The number of aliphatic carboxylic acids is 1. The molecule has 31 heavy (non-hydrogen) atoms. The van der Waals surface area contributed by atoms with Gasteiger partial charge < -0.3 is 25.2 Å². The normalized spacial score (nSPS) is 13.1. The summed E-state index contributed by atoms with van der Waals surface area (Å²) < 4.78 is 10.3. The first-order valence-electron chi connectivity index (χ1n) is 10.1. The lowest BCUT2D eigenvalue weighted by atomic mass is 10.0. The second-order valence-corrected chi connectivity index (χ2v) is 8.58. The van der Waals surface area contributed by atoms with E-state index in [1.807, 2.05) is 19.9 Å². The van der Waals surface area contributed by atoms with E-state index in [4.69, 9.17) is 9.47 Å². The highest BCUT2D eigenvalue weighted by molar-refractivity contribution is 5.92. The zero-order valence-corrected chi connectivity index (χ0v) is 18.6. The molecule has 9 nitrogen and oxygen atoms in total. The third-order valence-electron chi connectivity index (χ3n) is 3.94. The van der Waals surface area contributed by atoms with Gasteiger partial charge in [0.1, 0.15) is 24.3 Å². The zero-order chi connectivity index (χ0) is 23.6. The Balaban J connectivity index is 2.85. The van der Waals surface area contributed by atoms with Gasteiger partial charge in [0.25, 0.3) is 0 Å². The van der Waals surface area contributed by atoms with Crippen molar-refractivity contribution in [3.05, 3.63) is 35.9 Å². The minimum absolute atomic E-state index is 0.00551. The molecule has 0 heterocycles. The Hall–Kier alpha value is -3.10. The smallest absolute Gasteiger partial charge is 0.408 e. The average molecular weight is 437 g/mol. The predicted octanol–water partition coefficient (Wildman–Crippen LogP) is 2.63. The fourth-order valence-corrected chi connectivity index (χ4v) is 2.59. The maximum atomic E-state index is 12.7. The van der Waals surface area contributed by atoms with Crippen molar-refractivity contribution >= 4 is 23.9 Å². The second kappa shape index (κ2) is 11.9. The van der Waals surface area contributed by atoms with Gasteiger partial charge in [0.05, 0.1) is 6.42 Å². The molecule has 3 N–H and O–H groups in total. The highest BCUT2D eigenvalue weighted by atomic mass is 16.6. The molecule has 1 aromatic carbocycles. The molecule has 2 atom stereocenters. The van der Waals surface area contributed by atoms with Crippen LogP contribution in [0.1, 0.15) is 53.0 Å². The van der Waals surface area contributed by atoms with Crippen molar-refractivity contribution in [1.82, 2.24) is 10.6 Å². The SMILES string of the molecule is CC(C)CC(NC(=O)C(CC(=O)OCc1ccccc1)NC(=O)OC(C)(C)C)C(=O)O. The molecule has 0 saturated carbocycles. The Bertz CT molecular complexity index is 757. The van der Waals surface area contributed by atoms with E-state index in [1.165, 1.54) is 0 Å². The first-order valence-corrected chi connectivity index (χ1v) is 10.1. The molecule has 0 saturated heterocycles. The van der Waals surface area contributed by atoms with Crippen LogP contribution in [0.5, 0.6) is 0 Å². The fraction of sp³-hybridized carbons (Fsp3) is 0.545. The predicted molar refractivity (Wildman–Crippen MR) is 113 cm³/mol. The molecule has 9 heteroatoms. The van der Waals surface area contributed by atoms with Crippen molar-refractivity contribution in [3.8, 4) is 0 Å². The van der Waals surface area contributed by atoms with E-state index >= 15 is 0 Å². The Labute approximate surface area is 182 Å². The first kappa shape index (κ1) is 25.9. The van der Waals surface area contributed by atoms with E-state index < -0.39 is 48.0 Å². The number of carboxylic acid groups (broad SMARTS) is 1. The summed E-state index contributed by atoms with van der Waals surface area (Å²) in [7, 11) is 0. The quantitative estimate of drug-likeness (QED) is 0.481. The van der Waals surface area contributed by atoms with Crippen molar-refractivity contribution < 1.29 is 33.8 Å². The van der Waals surface area contributed by atoms with Gasteiger partial charge in [-0.25, -0.2) is 9.59 Å². The van der Waals surface area contributed by atoms with Crippen molar-refractivity contribution in [2.45, 2.75) is 71.8 Å². The van der Waals surface area contributed by atoms with Crippen molar-refractivity contribution in [1.29, 1.82) is 0 Å². The van der Waals surface area contributed by atoms with Gasteiger partial charge in [0.2, 0.25) is 5.91 Å². The van der Waals surface area contributed by atoms with Crippen LogP contribution >= 0.6 is 0 Å². The molecule has 2 amide bonds. The van der Waals surface area contributed by atoms with E-state index in [0.29, 0.717) is 0 Å². The number of esters is 1. The number of carbonyl (C=O) groups is 4. The van der Waals surface area contributed by atoms with Gasteiger partial charge in [0.15, 0.2) is 0 Å². The molecule has 0 spiro atoms. The number of nitrogens with one attached hydrogen (secondary N) is 2. The maximum Gasteiger partial charge on any atom is 0.408 e. The van der Waals surface area contributed by atoms with E-state index in [0.717, 1.165) is 5.56 Å². The number of carboxylic acids is 1. The van der Waals surface area contributed by atoms with Crippen LogP contribution in [0.25, 0.3) is 0 Å². The summed E-state index contributed by atoms with van der Waals surface area (Å²) in [6.45, 7) is 8.60. The van der Waals surface area contributed by atoms with Crippen LogP contribution in [-0.4, -0.2) is 46.7 Å². The molecule has 0 fully saturated rings. The molecule has 172 valence electrons. The Kier molecular flexibility index (Phi) is 9.98. The van der Waals surface area contributed by atoms with Crippen molar-refractivity contribution in [3.63, 3.8) is 0 Å². The molecule has 0 aliphatic carbocycles. The van der Waals surface area contributed by atoms with Crippen LogP contribution in [0, 0.1) is 5.92 Å². The van der Waals surface area contributed by atoms with E-state index in [9.17, 15) is 24.3 Å². The molecular weight excluding hydrogens is 404 g/mol. The van der Waals surface area contributed by atoms with Crippen molar-refractivity contribution in [2.24, 2.45) is 5.92 Å². The Morgan fingerprint density at radius 2 is 1.61 bits per heavy atom. The molecule has 2 unspecified atom stereocenters. The molecule has 0 aliphatic rings. The number of hydrogen-bond donors (Lipinski definition) is 3. The van der Waals surface area contributed by atoms with Crippen LogP contribution < -0.4 is 10.6 Å². The highest BCUT2D eigenvalue weighted by Gasteiger charge is 2.30. The lowest BCUT2D eigenvalue weighted by Crippen LogP contribution is -2.53. The Morgan fingerprint density at radius 3 is 2.13 bits per heavy atom. The maximum absolute atomic E-state index is 12.7. The van der Waals surface area contributed by atoms with E-state index in [-0.39, 0.29) is 18.9 Å². The van der Waals surface area contributed by atoms with Crippen LogP contribution in [0.3, 0.4) is 0 Å². The summed E-state index contributed by atoms with van der Waals surface area (Å²) in [5.74, 6) is -2.73. The van der Waals surface area contributed by atoms with E-state index in [1.54, 1.807) is 45.0 Å². The van der Waals surface area contributed by atoms with Crippen molar-refractivity contribution in [2.75, 3.05) is 0 Å². The van der Waals surface area contributed by atoms with Crippen LogP contribution in [-0.2, 0) is 30.5 Å². The summed E-state index contributed by atoms with van der Waals surface area (Å²) in [6, 6.07) is 6.46. The largest absolute Gasteiger partial charge is 0.480 e. The summed E-state index contributed by atoms with van der Waals surface area (Å²) in [5.41, 5.74) is -0.0555. The molecule has 0 aliphatic heterocycles. The molecule has 0 aromatic heterocycles. The third kappa shape index (κ3) is 11.0. The van der Waals surface area contributed by atoms with E-state index in [2.05, 4.69) is 10.6 Å². The van der Waals surface area contributed by atoms with Gasteiger partial charge in [-0.2, -0.15) is 0 Å². The lowest BCUT2D eigenvalue weighted by Gasteiger charge is -2.24. The number of alkyl carbamates (subject to hydrolysis) is 1. The summed E-state index contributed by atoms with van der Waals surface area (Å²) in [4.78, 5) is 48.6. The molecule has 0 radical (unpaired) electrons. The van der Waals surface area contributed by atoms with Gasteiger partial charge in [0, 0.05) is 0 Å². The number of ether oxygens (including phenoxy) is 2. The number of rotatable bonds is 10. The number of hydrogen-bond acceptors (Lipinski definition) is 6. The highest BCUT2D eigenvalue weighted by Crippen LogP contribution is 2.10. The van der Waals surface area contributed by atoms with Gasteiger partial charge in [-0.05, 0) is 38.7 Å². The molecule has 0 bridgehead atoms. The average Bonchev–Trinajstić information content (AvgIpc) is 2.64. The fourth-order valence-electron chi connectivity index (χ4n) is 2.59. The van der Waals surface area contributed by atoms with Crippen LogP contribution in [0.15, 0.2) is 30.3 Å². The third-order valence-corrected chi connectivity index (χ3v) is 3.94. The van der Waals surface area contributed by atoms with Crippen LogP contribution in [0.4, 0.5) is 4.79 Å². The van der Waals surface area contributed by atoms with Gasteiger partial charge in [-0.1, -0.05) is 44.2 Å². The number of amides is 2. The number of benzene rings is 1. The van der Waals surface area contributed by atoms with Gasteiger partial charge in [-0.15, -0.1) is 0 Å². The second-order valence-electron chi connectivity index (χ2n) is 8.58. The minimum Gasteiger partial charge on any atom is -0.480 e. The monoisotopic (exact) mass is 436 g/mol. The van der Waals surface area contributed by atoms with Gasteiger partial charge in [-0.3, -0.25) is 9.59 Å². The summed E-state index contributed by atoms with van der Waals surface area (Å²) in [6.07, 6.45) is -1.19. The molecular formula is C22H32N2O7. The zero-order valence-electron chi connectivity index (χ0n) is 18.6. The summed E-state index contributed by atoms with van der Waals surface area (Å²) >= 11 is 0.